The zero-order valence-electron chi connectivity index (χ0n) is 18.7. The maximum atomic E-state index is 13.3. The Morgan fingerprint density at radius 2 is 1.74 bits per heavy atom. The molecule has 176 valence electrons. The second-order valence-electron chi connectivity index (χ2n) is 8.24. The number of rotatable bonds is 5. The number of cyclic esters (lactones) is 1. The number of benzene rings is 3. The fourth-order valence-corrected chi connectivity index (χ4v) is 4.93. The number of aliphatic hydroxyl groups is 1. The summed E-state index contributed by atoms with van der Waals surface area (Å²) >= 11 is 1.10. The fraction of sp³-hybridized carbons (Fsp3) is 0.192. The molecule has 2 aliphatic heterocycles. The Morgan fingerprint density at radius 3 is 2.54 bits per heavy atom. The SMILES string of the molecule is COc1ccc(CC2=C(c3ccc4nsnc4c3)C(=O)OC2(O)c2ccc3c(c2)OCCO3)cc1. The molecule has 1 aromatic heterocycles. The Hall–Kier alpha value is -3.95. The molecule has 0 amide bonds. The smallest absolute Gasteiger partial charge is 0.342 e. The number of carbonyl (C=O) groups excluding carboxylic acids is 1. The van der Waals surface area contributed by atoms with Crippen molar-refractivity contribution in [2.45, 2.75) is 12.2 Å². The fourth-order valence-electron chi connectivity index (χ4n) is 4.41. The Kier molecular flexibility index (Phi) is 5.16. The molecule has 0 saturated heterocycles. The number of methoxy groups -OCH3 is 1. The summed E-state index contributed by atoms with van der Waals surface area (Å²) in [5, 5.41) is 11.9. The van der Waals surface area contributed by atoms with E-state index in [9.17, 15) is 9.90 Å². The molecule has 1 N–H and O–H groups in total. The van der Waals surface area contributed by atoms with Crippen LogP contribution < -0.4 is 14.2 Å². The Balaban J connectivity index is 1.51. The molecule has 0 saturated carbocycles. The number of ether oxygens (including phenoxy) is 4. The number of hydrogen-bond acceptors (Lipinski definition) is 9. The standard InChI is InChI=1S/C26H20N2O6S/c1-31-18-6-2-15(3-7-18)12-19-24(16-4-8-20-21(13-16)28-35-27-20)25(29)34-26(19,30)17-5-9-22-23(14-17)33-11-10-32-22/h2-9,13-14,30H,10-12H2,1H3. The largest absolute Gasteiger partial charge is 0.497 e. The van der Waals surface area contributed by atoms with Crippen LogP contribution in [0.5, 0.6) is 17.2 Å². The predicted octanol–water partition coefficient (Wildman–Crippen LogP) is 3.87. The van der Waals surface area contributed by atoms with E-state index < -0.39 is 11.8 Å². The first kappa shape index (κ1) is 21.6. The lowest BCUT2D eigenvalue weighted by Gasteiger charge is -2.27. The second-order valence-corrected chi connectivity index (χ2v) is 8.77. The number of carbonyl (C=O) groups is 1. The van der Waals surface area contributed by atoms with Crippen LogP contribution in [0.15, 0.2) is 66.2 Å². The van der Waals surface area contributed by atoms with Crippen LogP contribution in [0.4, 0.5) is 0 Å². The number of esters is 1. The van der Waals surface area contributed by atoms with Crippen LogP contribution in [0.25, 0.3) is 16.6 Å². The summed E-state index contributed by atoms with van der Waals surface area (Å²) in [6.07, 6.45) is 0.267. The third kappa shape index (κ3) is 3.69. The molecule has 9 heteroatoms. The molecule has 0 spiro atoms. The van der Waals surface area contributed by atoms with Crippen molar-refractivity contribution >= 4 is 34.3 Å². The molecule has 0 radical (unpaired) electrons. The van der Waals surface area contributed by atoms with Crippen molar-refractivity contribution in [2.75, 3.05) is 20.3 Å². The summed E-state index contributed by atoms with van der Waals surface area (Å²) in [5.74, 6) is -0.822. The Morgan fingerprint density at radius 1 is 0.971 bits per heavy atom. The van der Waals surface area contributed by atoms with Gasteiger partial charge in [0, 0.05) is 17.6 Å². The minimum absolute atomic E-state index is 0.267. The lowest BCUT2D eigenvalue weighted by Crippen LogP contribution is -2.30. The topological polar surface area (TPSA) is 100 Å². The van der Waals surface area contributed by atoms with Crippen LogP contribution in [-0.4, -0.2) is 40.1 Å². The van der Waals surface area contributed by atoms with E-state index in [0.717, 1.165) is 22.8 Å². The van der Waals surface area contributed by atoms with Crippen LogP contribution in [0.3, 0.4) is 0 Å². The van der Waals surface area contributed by atoms with Gasteiger partial charge in [-0.15, -0.1) is 0 Å². The van der Waals surface area contributed by atoms with Gasteiger partial charge in [0.25, 0.3) is 5.79 Å². The molecule has 6 rings (SSSR count). The molecule has 8 nitrogen and oxygen atoms in total. The third-order valence-electron chi connectivity index (χ3n) is 6.17. The highest BCUT2D eigenvalue weighted by molar-refractivity contribution is 7.00. The molecule has 1 atom stereocenters. The van der Waals surface area contributed by atoms with Gasteiger partial charge in [-0.25, -0.2) is 4.79 Å². The molecule has 2 aliphatic rings. The van der Waals surface area contributed by atoms with Crippen molar-refractivity contribution in [1.82, 2.24) is 8.75 Å². The van der Waals surface area contributed by atoms with Crippen LogP contribution in [0, 0.1) is 0 Å². The highest BCUT2D eigenvalue weighted by Gasteiger charge is 2.48. The maximum absolute atomic E-state index is 13.3. The predicted molar refractivity (Wildman–Crippen MR) is 128 cm³/mol. The van der Waals surface area contributed by atoms with E-state index in [0.29, 0.717) is 58.3 Å². The summed E-state index contributed by atoms with van der Waals surface area (Å²) in [7, 11) is 1.60. The van der Waals surface area contributed by atoms with Crippen molar-refractivity contribution in [3.63, 3.8) is 0 Å². The minimum Gasteiger partial charge on any atom is -0.497 e. The van der Waals surface area contributed by atoms with Crippen molar-refractivity contribution in [2.24, 2.45) is 0 Å². The van der Waals surface area contributed by atoms with Gasteiger partial charge in [-0.3, -0.25) is 0 Å². The lowest BCUT2D eigenvalue weighted by molar-refractivity contribution is -0.185. The van der Waals surface area contributed by atoms with Gasteiger partial charge in [0.2, 0.25) is 0 Å². The molecule has 35 heavy (non-hydrogen) atoms. The summed E-state index contributed by atoms with van der Waals surface area (Å²) in [5.41, 5.74) is 4.00. The van der Waals surface area contributed by atoms with E-state index in [2.05, 4.69) is 8.75 Å². The van der Waals surface area contributed by atoms with E-state index in [4.69, 9.17) is 18.9 Å². The molecule has 3 aromatic carbocycles. The number of aromatic nitrogens is 2. The van der Waals surface area contributed by atoms with Gasteiger partial charge in [0.05, 0.1) is 24.4 Å². The van der Waals surface area contributed by atoms with Crippen molar-refractivity contribution in [1.29, 1.82) is 0 Å². The average Bonchev–Trinajstić information content (AvgIpc) is 3.46. The molecule has 0 bridgehead atoms. The van der Waals surface area contributed by atoms with Crippen LogP contribution in [-0.2, 0) is 21.7 Å². The average molecular weight is 489 g/mol. The summed E-state index contributed by atoms with van der Waals surface area (Å²) in [6.45, 7) is 0.850. The quantitative estimate of drug-likeness (QED) is 0.423. The van der Waals surface area contributed by atoms with Crippen LogP contribution >= 0.6 is 11.7 Å². The first-order chi connectivity index (χ1) is 17.0. The molecule has 1 unspecified atom stereocenters. The number of fused-ring (bicyclic) bond motifs is 2. The van der Waals surface area contributed by atoms with E-state index >= 15 is 0 Å². The lowest BCUT2D eigenvalue weighted by atomic mass is 9.88. The van der Waals surface area contributed by atoms with Gasteiger partial charge >= 0.3 is 5.97 Å². The zero-order chi connectivity index (χ0) is 24.0. The molecule has 4 aromatic rings. The first-order valence-electron chi connectivity index (χ1n) is 11.0. The summed E-state index contributed by atoms with van der Waals surface area (Å²) in [4.78, 5) is 13.3. The Bertz CT molecular complexity index is 1480. The normalized spacial score (nSPS) is 19.2. The van der Waals surface area contributed by atoms with Gasteiger partial charge < -0.3 is 24.1 Å². The van der Waals surface area contributed by atoms with Gasteiger partial charge in [-0.05, 0) is 53.6 Å². The molecule has 3 heterocycles. The molecule has 0 fully saturated rings. The number of nitrogens with zero attached hydrogens (tertiary/aromatic N) is 2. The van der Waals surface area contributed by atoms with Gasteiger partial charge in [0.1, 0.15) is 30.0 Å². The first-order valence-corrected chi connectivity index (χ1v) is 11.7. The highest BCUT2D eigenvalue weighted by Crippen LogP contribution is 2.46. The molecule has 0 aliphatic carbocycles. The van der Waals surface area contributed by atoms with E-state index in [1.807, 2.05) is 24.3 Å². The summed E-state index contributed by atoms with van der Waals surface area (Å²) < 4.78 is 30.8. The Labute approximate surface area is 204 Å². The minimum atomic E-state index is -1.99. The zero-order valence-corrected chi connectivity index (χ0v) is 19.5. The second kappa shape index (κ2) is 8.37. The van der Waals surface area contributed by atoms with Crippen LogP contribution in [0.2, 0.25) is 0 Å². The third-order valence-corrected chi connectivity index (χ3v) is 6.73. The highest BCUT2D eigenvalue weighted by atomic mass is 32.1. The van der Waals surface area contributed by atoms with E-state index in [1.54, 1.807) is 43.5 Å². The monoisotopic (exact) mass is 488 g/mol. The maximum Gasteiger partial charge on any atom is 0.342 e. The van der Waals surface area contributed by atoms with Gasteiger partial charge in [-0.2, -0.15) is 8.75 Å². The van der Waals surface area contributed by atoms with Gasteiger partial charge in [0.15, 0.2) is 11.5 Å². The molecular weight excluding hydrogens is 468 g/mol. The van der Waals surface area contributed by atoms with E-state index in [-0.39, 0.29) is 6.42 Å². The van der Waals surface area contributed by atoms with E-state index in [1.165, 1.54) is 0 Å². The van der Waals surface area contributed by atoms with Crippen molar-refractivity contribution in [3.05, 3.63) is 82.9 Å². The van der Waals surface area contributed by atoms with Crippen LogP contribution in [0.1, 0.15) is 16.7 Å². The summed E-state index contributed by atoms with van der Waals surface area (Å²) in [6, 6.07) is 17.9. The number of hydrogen-bond donors (Lipinski definition) is 1. The van der Waals surface area contributed by atoms with Gasteiger partial charge in [-0.1, -0.05) is 18.2 Å². The molecular formula is C26H20N2O6S. The van der Waals surface area contributed by atoms with Crippen molar-refractivity contribution < 1.29 is 28.8 Å². The van der Waals surface area contributed by atoms with Crippen molar-refractivity contribution in [3.8, 4) is 17.2 Å².